The lowest BCUT2D eigenvalue weighted by molar-refractivity contribution is -0.387. The SMILES string of the molecule is C=C(Sc1c(C)cccc1[N+](=O)[O-])C(=O)O. The van der Waals surface area contributed by atoms with Crippen LogP contribution in [0.1, 0.15) is 5.56 Å². The van der Waals surface area contributed by atoms with E-state index >= 15 is 0 Å². The summed E-state index contributed by atoms with van der Waals surface area (Å²) in [6.07, 6.45) is 0. The van der Waals surface area contributed by atoms with Crippen LogP contribution in [0.3, 0.4) is 0 Å². The Bertz CT molecular complexity index is 470. The van der Waals surface area contributed by atoms with Crippen molar-refractivity contribution in [1.82, 2.24) is 0 Å². The number of hydrogen-bond acceptors (Lipinski definition) is 4. The molecule has 0 aliphatic carbocycles. The Morgan fingerprint density at radius 3 is 2.69 bits per heavy atom. The van der Waals surface area contributed by atoms with E-state index in [9.17, 15) is 14.9 Å². The van der Waals surface area contributed by atoms with Crippen molar-refractivity contribution in [2.45, 2.75) is 11.8 Å². The third-order valence-corrected chi connectivity index (χ3v) is 3.01. The molecule has 0 fully saturated rings. The summed E-state index contributed by atoms with van der Waals surface area (Å²) in [4.78, 5) is 21.0. The van der Waals surface area contributed by atoms with E-state index in [0.717, 1.165) is 11.8 Å². The first kappa shape index (κ1) is 12.3. The van der Waals surface area contributed by atoms with Gasteiger partial charge in [0.1, 0.15) is 0 Å². The van der Waals surface area contributed by atoms with E-state index in [2.05, 4.69) is 6.58 Å². The molecule has 0 bridgehead atoms. The molecule has 1 N–H and O–H groups in total. The monoisotopic (exact) mass is 239 g/mol. The number of rotatable bonds is 4. The van der Waals surface area contributed by atoms with Gasteiger partial charge in [-0.2, -0.15) is 0 Å². The van der Waals surface area contributed by atoms with E-state index in [1.807, 2.05) is 0 Å². The number of nitro benzene ring substituents is 1. The van der Waals surface area contributed by atoms with Gasteiger partial charge < -0.3 is 5.11 Å². The van der Waals surface area contributed by atoms with Gasteiger partial charge in [-0.3, -0.25) is 10.1 Å². The lowest BCUT2D eigenvalue weighted by atomic mass is 10.2. The van der Waals surface area contributed by atoms with Crippen molar-refractivity contribution in [1.29, 1.82) is 0 Å². The summed E-state index contributed by atoms with van der Waals surface area (Å²) < 4.78 is 0. The smallest absolute Gasteiger partial charge is 0.341 e. The number of nitro groups is 1. The molecule has 0 atom stereocenters. The van der Waals surface area contributed by atoms with Crippen molar-refractivity contribution >= 4 is 23.4 Å². The average Bonchev–Trinajstić information content (AvgIpc) is 2.20. The number of thioether (sulfide) groups is 1. The predicted octanol–water partition coefficient (Wildman–Crippen LogP) is 2.59. The Kier molecular flexibility index (Phi) is 3.68. The first-order chi connectivity index (χ1) is 7.43. The number of nitrogens with zero attached hydrogens (tertiary/aromatic N) is 1. The number of aryl methyl sites for hydroxylation is 1. The molecular formula is C10H9NO4S. The van der Waals surface area contributed by atoms with Gasteiger partial charge in [-0.15, -0.1) is 0 Å². The van der Waals surface area contributed by atoms with Crippen LogP contribution in [0.2, 0.25) is 0 Å². The summed E-state index contributed by atoms with van der Waals surface area (Å²) >= 11 is 0.798. The Hall–Kier alpha value is -1.82. The Balaban J connectivity index is 3.16. The standard InChI is InChI=1S/C10H9NO4S/c1-6-4-3-5-8(11(14)15)9(6)16-7(2)10(12)13/h3-5H,2H2,1H3,(H,12,13). The number of hydrogen-bond donors (Lipinski definition) is 1. The normalized spacial score (nSPS) is 9.81. The van der Waals surface area contributed by atoms with E-state index in [-0.39, 0.29) is 10.6 Å². The van der Waals surface area contributed by atoms with Gasteiger partial charge in [0.15, 0.2) is 0 Å². The maximum Gasteiger partial charge on any atom is 0.341 e. The molecule has 84 valence electrons. The number of benzene rings is 1. The van der Waals surface area contributed by atoms with Gasteiger partial charge in [-0.05, 0) is 12.5 Å². The third-order valence-electron chi connectivity index (χ3n) is 1.85. The van der Waals surface area contributed by atoms with E-state index in [1.54, 1.807) is 19.1 Å². The van der Waals surface area contributed by atoms with E-state index < -0.39 is 10.9 Å². The summed E-state index contributed by atoms with van der Waals surface area (Å²) in [5.74, 6) is -1.18. The third kappa shape index (κ3) is 2.60. The molecule has 0 aliphatic heterocycles. The number of carbonyl (C=O) groups is 1. The molecule has 0 aliphatic rings. The van der Waals surface area contributed by atoms with Gasteiger partial charge >= 0.3 is 5.97 Å². The van der Waals surface area contributed by atoms with Crippen LogP contribution in [0.25, 0.3) is 0 Å². The summed E-state index contributed by atoms with van der Waals surface area (Å²) in [5, 5.41) is 19.4. The van der Waals surface area contributed by atoms with Gasteiger partial charge in [0.05, 0.1) is 14.7 Å². The van der Waals surface area contributed by atoms with Crippen LogP contribution in [-0.2, 0) is 4.79 Å². The molecule has 0 heterocycles. The maximum atomic E-state index is 10.7. The molecule has 0 unspecified atom stereocenters. The fraction of sp³-hybridized carbons (Fsp3) is 0.100. The minimum absolute atomic E-state index is 0.104. The highest BCUT2D eigenvalue weighted by atomic mass is 32.2. The largest absolute Gasteiger partial charge is 0.477 e. The Morgan fingerprint density at radius 1 is 1.56 bits per heavy atom. The molecule has 0 saturated carbocycles. The highest BCUT2D eigenvalue weighted by Gasteiger charge is 2.18. The van der Waals surface area contributed by atoms with Crippen LogP contribution >= 0.6 is 11.8 Å². The van der Waals surface area contributed by atoms with E-state index in [4.69, 9.17) is 5.11 Å². The summed E-state index contributed by atoms with van der Waals surface area (Å²) in [6, 6.07) is 4.58. The molecule has 1 aromatic rings. The summed E-state index contributed by atoms with van der Waals surface area (Å²) in [7, 11) is 0. The molecular weight excluding hydrogens is 230 g/mol. The molecule has 16 heavy (non-hydrogen) atoms. The van der Waals surface area contributed by atoms with Crippen LogP contribution in [0.5, 0.6) is 0 Å². The van der Waals surface area contributed by atoms with E-state index in [0.29, 0.717) is 10.5 Å². The zero-order valence-corrected chi connectivity index (χ0v) is 9.28. The topological polar surface area (TPSA) is 80.4 Å². The van der Waals surface area contributed by atoms with Crippen molar-refractivity contribution in [3.05, 3.63) is 45.4 Å². The van der Waals surface area contributed by atoms with Crippen molar-refractivity contribution in [2.75, 3.05) is 0 Å². The van der Waals surface area contributed by atoms with Crippen molar-refractivity contribution in [3.63, 3.8) is 0 Å². The highest BCUT2D eigenvalue weighted by Crippen LogP contribution is 2.35. The first-order valence-corrected chi connectivity index (χ1v) is 5.09. The quantitative estimate of drug-likeness (QED) is 0.378. The van der Waals surface area contributed by atoms with Gasteiger partial charge in [0.2, 0.25) is 0 Å². The number of carboxylic acids is 1. The highest BCUT2D eigenvalue weighted by molar-refractivity contribution is 8.04. The predicted molar refractivity (Wildman–Crippen MR) is 60.5 cm³/mol. The molecule has 0 spiro atoms. The molecule has 1 rings (SSSR count). The zero-order chi connectivity index (χ0) is 12.3. The minimum Gasteiger partial charge on any atom is -0.477 e. The maximum absolute atomic E-state index is 10.7. The number of aliphatic carboxylic acids is 1. The summed E-state index contributed by atoms with van der Waals surface area (Å²) in [5.41, 5.74) is 0.550. The second-order valence-electron chi connectivity index (χ2n) is 3.01. The molecule has 0 amide bonds. The van der Waals surface area contributed by atoms with Crippen molar-refractivity contribution < 1.29 is 14.8 Å². The van der Waals surface area contributed by atoms with Crippen molar-refractivity contribution in [2.24, 2.45) is 0 Å². The lowest BCUT2D eigenvalue weighted by Crippen LogP contribution is -1.98. The first-order valence-electron chi connectivity index (χ1n) is 4.27. The van der Waals surface area contributed by atoms with Crippen LogP contribution in [0.4, 0.5) is 5.69 Å². The fourth-order valence-electron chi connectivity index (χ4n) is 1.08. The van der Waals surface area contributed by atoms with Gasteiger partial charge in [-0.25, -0.2) is 4.79 Å². The molecule has 0 radical (unpaired) electrons. The van der Waals surface area contributed by atoms with E-state index in [1.165, 1.54) is 6.07 Å². The molecule has 6 heteroatoms. The Labute approximate surface area is 95.9 Å². The lowest BCUT2D eigenvalue weighted by Gasteiger charge is -2.05. The molecule has 1 aromatic carbocycles. The van der Waals surface area contributed by atoms with Gasteiger partial charge in [0.25, 0.3) is 5.69 Å². The van der Waals surface area contributed by atoms with Crippen LogP contribution in [-0.4, -0.2) is 16.0 Å². The molecule has 0 aromatic heterocycles. The van der Waals surface area contributed by atoms with Crippen LogP contribution in [0.15, 0.2) is 34.6 Å². The van der Waals surface area contributed by atoms with Gasteiger partial charge in [-0.1, -0.05) is 30.5 Å². The van der Waals surface area contributed by atoms with Crippen LogP contribution < -0.4 is 0 Å². The average molecular weight is 239 g/mol. The minimum atomic E-state index is -1.18. The molecule has 5 nitrogen and oxygen atoms in total. The van der Waals surface area contributed by atoms with Gasteiger partial charge in [0, 0.05) is 6.07 Å². The summed E-state index contributed by atoms with van der Waals surface area (Å²) in [6.45, 7) is 5.02. The van der Waals surface area contributed by atoms with Crippen molar-refractivity contribution in [3.8, 4) is 0 Å². The fourth-order valence-corrected chi connectivity index (χ4v) is 1.89. The zero-order valence-electron chi connectivity index (χ0n) is 8.47. The Morgan fingerprint density at radius 2 is 2.19 bits per heavy atom. The molecule has 0 saturated heterocycles. The van der Waals surface area contributed by atoms with Crippen LogP contribution in [0, 0.1) is 17.0 Å². The second-order valence-corrected chi connectivity index (χ2v) is 4.12. The number of carboxylic acid groups (broad SMARTS) is 1. The second kappa shape index (κ2) is 4.80.